The van der Waals surface area contributed by atoms with E-state index >= 15 is 0 Å². The van der Waals surface area contributed by atoms with Crippen LogP contribution in [0.15, 0.2) is 36.4 Å². The number of nitrogens with zero attached hydrogens (tertiary/aromatic N) is 1. The van der Waals surface area contributed by atoms with Gasteiger partial charge >= 0.3 is 0 Å². The second-order valence-electron chi connectivity index (χ2n) is 8.17. The SMILES string of the molecule is COc1ccc(C)cc1CC(=O)N1CCCC(O)(COc2ccc(C)c(C)c2)C1. The van der Waals surface area contributed by atoms with Gasteiger partial charge in [0.2, 0.25) is 5.91 Å². The minimum atomic E-state index is -1.04. The zero-order valence-corrected chi connectivity index (χ0v) is 17.8. The van der Waals surface area contributed by atoms with Crippen LogP contribution in [0.25, 0.3) is 0 Å². The number of likely N-dealkylation sites (tertiary alicyclic amines) is 1. The van der Waals surface area contributed by atoms with Crippen molar-refractivity contribution in [1.82, 2.24) is 4.90 Å². The molecule has 0 spiro atoms. The molecule has 5 heteroatoms. The number of aliphatic hydroxyl groups is 1. The number of benzene rings is 2. The van der Waals surface area contributed by atoms with Gasteiger partial charge in [-0.2, -0.15) is 0 Å². The Morgan fingerprint density at radius 1 is 1.14 bits per heavy atom. The van der Waals surface area contributed by atoms with Crippen LogP contribution in [0.1, 0.15) is 35.1 Å². The molecule has 0 aromatic heterocycles. The maximum Gasteiger partial charge on any atom is 0.227 e. The van der Waals surface area contributed by atoms with Crippen molar-refractivity contribution in [3.63, 3.8) is 0 Å². The molecule has 1 aliphatic heterocycles. The van der Waals surface area contributed by atoms with Crippen LogP contribution in [-0.4, -0.2) is 48.3 Å². The van der Waals surface area contributed by atoms with E-state index < -0.39 is 5.60 Å². The molecule has 2 aromatic rings. The summed E-state index contributed by atoms with van der Waals surface area (Å²) in [6, 6.07) is 11.8. The van der Waals surface area contributed by atoms with E-state index in [4.69, 9.17) is 9.47 Å². The van der Waals surface area contributed by atoms with E-state index in [-0.39, 0.29) is 25.5 Å². The second kappa shape index (κ2) is 8.87. The summed E-state index contributed by atoms with van der Waals surface area (Å²) < 4.78 is 11.3. The molecule has 1 saturated heterocycles. The number of rotatable bonds is 6. The predicted octanol–water partition coefficient (Wildman–Crippen LogP) is 3.60. The third-order valence-corrected chi connectivity index (χ3v) is 5.67. The molecule has 1 aliphatic rings. The van der Waals surface area contributed by atoms with E-state index in [0.717, 1.165) is 28.9 Å². The summed E-state index contributed by atoms with van der Waals surface area (Å²) in [6.07, 6.45) is 1.64. The normalized spacial score (nSPS) is 19.1. The monoisotopic (exact) mass is 397 g/mol. The van der Waals surface area contributed by atoms with Crippen LogP contribution >= 0.6 is 0 Å². The maximum absolute atomic E-state index is 12.9. The Labute approximate surface area is 173 Å². The lowest BCUT2D eigenvalue weighted by Gasteiger charge is -2.39. The van der Waals surface area contributed by atoms with Crippen LogP contribution in [0.4, 0.5) is 0 Å². The van der Waals surface area contributed by atoms with Gasteiger partial charge in [0.05, 0.1) is 20.1 Å². The molecular formula is C24H31NO4. The molecule has 0 aliphatic carbocycles. The Hall–Kier alpha value is -2.53. The van der Waals surface area contributed by atoms with Gasteiger partial charge in [0.25, 0.3) is 0 Å². The first-order chi connectivity index (χ1) is 13.8. The van der Waals surface area contributed by atoms with E-state index in [2.05, 4.69) is 6.92 Å². The minimum Gasteiger partial charge on any atom is -0.496 e. The predicted molar refractivity (Wildman–Crippen MR) is 114 cm³/mol. The molecule has 156 valence electrons. The first-order valence-corrected chi connectivity index (χ1v) is 10.1. The molecule has 1 heterocycles. The Kier molecular flexibility index (Phi) is 6.48. The van der Waals surface area contributed by atoms with Gasteiger partial charge in [0, 0.05) is 12.1 Å². The summed E-state index contributed by atoms with van der Waals surface area (Å²) in [7, 11) is 1.61. The summed E-state index contributed by atoms with van der Waals surface area (Å²) in [4.78, 5) is 14.7. The molecule has 2 aromatic carbocycles. The van der Waals surface area contributed by atoms with Crippen molar-refractivity contribution in [3.05, 3.63) is 58.7 Å². The molecule has 5 nitrogen and oxygen atoms in total. The second-order valence-corrected chi connectivity index (χ2v) is 8.17. The zero-order chi connectivity index (χ0) is 21.0. The van der Waals surface area contributed by atoms with Crippen molar-refractivity contribution in [2.24, 2.45) is 0 Å². The highest BCUT2D eigenvalue weighted by atomic mass is 16.5. The van der Waals surface area contributed by atoms with Crippen LogP contribution < -0.4 is 9.47 Å². The molecule has 1 atom stereocenters. The molecule has 3 rings (SSSR count). The Bertz CT molecular complexity index is 879. The van der Waals surface area contributed by atoms with Gasteiger partial charge in [-0.3, -0.25) is 4.79 Å². The zero-order valence-electron chi connectivity index (χ0n) is 17.8. The summed E-state index contributed by atoms with van der Waals surface area (Å²) in [5.41, 5.74) is 3.28. The highest BCUT2D eigenvalue weighted by Crippen LogP contribution is 2.26. The smallest absolute Gasteiger partial charge is 0.227 e. The van der Waals surface area contributed by atoms with E-state index in [9.17, 15) is 9.90 Å². The molecule has 1 fully saturated rings. The fourth-order valence-electron chi connectivity index (χ4n) is 3.78. The van der Waals surface area contributed by atoms with Crippen LogP contribution in [0.5, 0.6) is 11.5 Å². The number of aryl methyl sites for hydroxylation is 3. The first kappa shape index (κ1) is 21.2. The summed E-state index contributed by atoms with van der Waals surface area (Å²) in [5, 5.41) is 11.0. The average molecular weight is 398 g/mol. The fraction of sp³-hybridized carbons (Fsp3) is 0.458. The first-order valence-electron chi connectivity index (χ1n) is 10.1. The van der Waals surface area contributed by atoms with Crippen molar-refractivity contribution in [2.75, 3.05) is 26.8 Å². The molecule has 1 amide bonds. The number of β-amino-alcohol motifs (C(OH)–C–C–N with tert-alkyl or cyclic N) is 1. The van der Waals surface area contributed by atoms with Crippen molar-refractivity contribution in [1.29, 1.82) is 0 Å². The molecular weight excluding hydrogens is 366 g/mol. The highest BCUT2D eigenvalue weighted by Gasteiger charge is 2.36. The lowest BCUT2D eigenvalue weighted by Crippen LogP contribution is -2.53. The molecule has 0 saturated carbocycles. The van der Waals surface area contributed by atoms with Gasteiger partial charge in [-0.05, 0) is 62.9 Å². The number of hydrogen-bond donors (Lipinski definition) is 1. The number of carbonyl (C=O) groups is 1. The van der Waals surface area contributed by atoms with Crippen LogP contribution in [0.2, 0.25) is 0 Å². The standard InChI is InChI=1S/C24H31NO4/c1-17-6-9-22(28-4)20(12-17)14-23(26)25-11-5-10-24(27,15-25)16-29-21-8-7-18(2)19(3)13-21/h6-9,12-13,27H,5,10-11,14-16H2,1-4H3. The number of ether oxygens (including phenoxy) is 2. The highest BCUT2D eigenvalue weighted by molar-refractivity contribution is 5.79. The lowest BCUT2D eigenvalue weighted by molar-refractivity contribution is -0.139. The van der Waals surface area contributed by atoms with Crippen molar-refractivity contribution in [3.8, 4) is 11.5 Å². The van der Waals surface area contributed by atoms with Crippen molar-refractivity contribution >= 4 is 5.91 Å². The van der Waals surface area contributed by atoms with E-state index in [1.807, 2.05) is 50.2 Å². The number of hydrogen-bond acceptors (Lipinski definition) is 4. The van der Waals surface area contributed by atoms with E-state index in [0.29, 0.717) is 18.7 Å². The largest absolute Gasteiger partial charge is 0.496 e. The lowest BCUT2D eigenvalue weighted by atomic mass is 9.93. The minimum absolute atomic E-state index is 0.00166. The maximum atomic E-state index is 12.9. The summed E-state index contributed by atoms with van der Waals surface area (Å²) in [5.74, 6) is 1.46. The van der Waals surface area contributed by atoms with Gasteiger partial charge in [0.15, 0.2) is 0 Å². The summed E-state index contributed by atoms with van der Waals surface area (Å²) in [6.45, 7) is 7.20. The van der Waals surface area contributed by atoms with Gasteiger partial charge in [0.1, 0.15) is 23.7 Å². The van der Waals surface area contributed by atoms with Gasteiger partial charge in [-0.1, -0.05) is 23.8 Å². The summed E-state index contributed by atoms with van der Waals surface area (Å²) >= 11 is 0. The molecule has 1 N–H and O–H groups in total. The van der Waals surface area contributed by atoms with Gasteiger partial charge < -0.3 is 19.5 Å². The molecule has 0 radical (unpaired) electrons. The van der Waals surface area contributed by atoms with Crippen molar-refractivity contribution in [2.45, 2.75) is 45.6 Å². The fourth-order valence-corrected chi connectivity index (χ4v) is 3.78. The molecule has 29 heavy (non-hydrogen) atoms. The third kappa shape index (κ3) is 5.30. The number of piperidine rings is 1. The number of methoxy groups -OCH3 is 1. The molecule has 0 bridgehead atoms. The van der Waals surface area contributed by atoms with E-state index in [1.165, 1.54) is 5.56 Å². The van der Waals surface area contributed by atoms with Crippen LogP contribution in [0, 0.1) is 20.8 Å². The van der Waals surface area contributed by atoms with Gasteiger partial charge in [-0.25, -0.2) is 0 Å². The quantitative estimate of drug-likeness (QED) is 0.809. The van der Waals surface area contributed by atoms with Crippen LogP contribution in [0.3, 0.4) is 0 Å². The Balaban J connectivity index is 1.63. The number of carbonyl (C=O) groups excluding carboxylic acids is 1. The average Bonchev–Trinajstić information content (AvgIpc) is 2.69. The van der Waals surface area contributed by atoms with Gasteiger partial charge in [-0.15, -0.1) is 0 Å². The van der Waals surface area contributed by atoms with Crippen molar-refractivity contribution < 1.29 is 19.4 Å². The Morgan fingerprint density at radius 2 is 1.93 bits per heavy atom. The third-order valence-electron chi connectivity index (χ3n) is 5.67. The van der Waals surface area contributed by atoms with E-state index in [1.54, 1.807) is 12.0 Å². The topological polar surface area (TPSA) is 59.0 Å². The molecule has 1 unspecified atom stereocenters. The Morgan fingerprint density at radius 3 is 2.66 bits per heavy atom. The number of amides is 1. The van der Waals surface area contributed by atoms with Crippen LogP contribution in [-0.2, 0) is 11.2 Å².